The summed E-state index contributed by atoms with van der Waals surface area (Å²) >= 11 is 1.84. The molecule has 106 valence electrons. The number of nitrogens with zero attached hydrogens (tertiary/aromatic N) is 1. The Labute approximate surface area is 122 Å². The van der Waals surface area contributed by atoms with Crippen LogP contribution in [0.3, 0.4) is 0 Å². The van der Waals surface area contributed by atoms with E-state index in [2.05, 4.69) is 5.32 Å². The molecule has 0 unspecified atom stereocenters. The third-order valence-corrected chi connectivity index (χ3v) is 5.17. The second-order valence-electron chi connectivity index (χ2n) is 5.44. The molecule has 0 bridgehead atoms. The van der Waals surface area contributed by atoms with E-state index in [1.54, 1.807) is 0 Å². The molecule has 4 nitrogen and oxygen atoms in total. The Bertz CT molecular complexity index is 553. The molecule has 1 aromatic carbocycles. The van der Waals surface area contributed by atoms with Gasteiger partial charge in [0.05, 0.1) is 6.54 Å². The summed E-state index contributed by atoms with van der Waals surface area (Å²) in [5.41, 5.74) is 1.50. The number of amides is 3. The zero-order valence-corrected chi connectivity index (χ0v) is 12.3. The Kier molecular flexibility index (Phi) is 3.46. The number of nitrogens with one attached hydrogen (secondary N) is 1. The van der Waals surface area contributed by atoms with Crippen molar-refractivity contribution in [3.8, 4) is 0 Å². The van der Waals surface area contributed by atoms with Crippen molar-refractivity contribution in [2.24, 2.45) is 0 Å². The molecule has 0 radical (unpaired) electrons. The molecule has 1 aromatic rings. The normalized spacial score (nSPS) is 21.4. The number of carbonyl (C=O) groups excluding carboxylic acids is 2. The number of thioether (sulfide) groups is 1. The van der Waals surface area contributed by atoms with Crippen molar-refractivity contribution in [2.75, 3.05) is 11.5 Å². The molecular formula is C15H18N2O2S. The van der Waals surface area contributed by atoms with Crippen LogP contribution >= 0.6 is 11.8 Å². The highest BCUT2D eigenvalue weighted by Gasteiger charge is 2.51. The lowest BCUT2D eigenvalue weighted by Crippen LogP contribution is -2.49. The van der Waals surface area contributed by atoms with Crippen LogP contribution < -0.4 is 5.32 Å². The lowest BCUT2D eigenvalue weighted by molar-refractivity contribution is -0.132. The molecule has 2 saturated heterocycles. The number of carbonyl (C=O) groups is 2. The summed E-state index contributed by atoms with van der Waals surface area (Å²) in [4.78, 5) is 26.2. The highest BCUT2D eigenvalue weighted by Crippen LogP contribution is 2.33. The van der Waals surface area contributed by atoms with Crippen LogP contribution in [0.4, 0.5) is 4.79 Å². The van der Waals surface area contributed by atoms with Crippen molar-refractivity contribution >= 4 is 23.7 Å². The number of aryl methyl sites for hydroxylation is 1. The average molecular weight is 290 g/mol. The molecular weight excluding hydrogens is 272 g/mol. The average Bonchev–Trinajstić information content (AvgIpc) is 2.66. The lowest BCUT2D eigenvalue weighted by Gasteiger charge is -2.30. The number of hydrogen-bond donors (Lipinski definition) is 1. The number of urea groups is 1. The molecule has 2 aliphatic rings. The minimum absolute atomic E-state index is 0.0500. The largest absolute Gasteiger partial charge is 0.325 e. The Balaban J connectivity index is 1.82. The third-order valence-electron chi connectivity index (χ3n) is 4.18. The van der Waals surface area contributed by atoms with Gasteiger partial charge in [-0.05, 0) is 42.4 Å². The first-order chi connectivity index (χ1) is 9.62. The van der Waals surface area contributed by atoms with Gasteiger partial charge in [-0.2, -0.15) is 11.8 Å². The van der Waals surface area contributed by atoms with E-state index < -0.39 is 5.54 Å². The van der Waals surface area contributed by atoms with Crippen LogP contribution in [0.1, 0.15) is 24.0 Å². The fourth-order valence-corrected chi connectivity index (χ4v) is 4.03. The molecule has 5 heteroatoms. The van der Waals surface area contributed by atoms with Gasteiger partial charge >= 0.3 is 6.03 Å². The van der Waals surface area contributed by atoms with Crippen molar-refractivity contribution in [1.29, 1.82) is 0 Å². The Morgan fingerprint density at radius 3 is 2.65 bits per heavy atom. The van der Waals surface area contributed by atoms with Gasteiger partial charge in [0, 0.05) is 0 Å². The molecule has 0 saturated carbocycles. The first kappa shape index (κ1) is 13.5. The first-order valence-electron chi connectivity index (χ1n) is 6.89. The summed E-state index contributed by atoms with van der Waals surface area (Å²) in [6, 6.07) is 7.63. The predicted molar refractivity (Wildman–Crippen MR) is 79.6 cm³/mol. The van der Waals surface area contributed by atoms with E-state index >= 15 is 0 Å². The number of rotatable bonds is 2. The van der Waals surface area contributed by atoms with E-state index in [9.17, 15) is 9.59 Å². The van der Waals surface area contributed by atoms with E-state index in [1.165, 1.54) is 4.90 Å². The van der Waals surface area contributed by atoms with Gasteiger partial charge < -0.3 is 5.32 Å². The fourth-order valence-electron chi connectivity index (χ4n) is 2.84. The van der Waals surface area contributed by atoms with Gasteiger partial charge in [-0.1, -0.05) is 24.3 Å². The molecule has 3 amide bonds. The predicted octanol–water partition coefficient (Wildman–Crippen LogP) is 2.31. The molecule has 2 aliphatic heterocycles. The van der Waals surface area contributed by atoms with Crippen molar-refractivity contribution < 1.29 is 9.59 Å². The topological polar surface area (TPSA) is 49.4 Å². The van der Waals surface area contributed by atoms with E-state index in [-0.39, 0.29) is 11.9 Å². The molecule has 3 rings (SSSR count). The second-order valence-corrected chi connectivity index (χ2v) is 6.67. The summed E-state index contributed by atoms with van der Waals surface area (Å²) in [6.07, 6.45) is 1.49. The molecule has 2 heterocycles. The standard InChI is InChI=1S/C15H18N2O2S/c1-11-4-2-3-5-12(11)10-17-13(18)15(16-14(17)19)6-8-20-9-7-15/h2-5H,6-10H2,1H3,(H,16,19). The minimum Gasteiger partial charge on any atom is -0.323 e. The van der Waals surface area contributed by atoms with E-state index in [4.69, 9.17) is 0 Å². The zero-order valence-electron chi connectivity index (χ0n) is 11.5. The maximum atomic E-state index is 12.6. The second kappa shape index (κ2) is 5.13. The fraction of sp³-hybridized carbons (Fsp3) is 0.467. The van der Waals surface area contributed by atoms with Crippen molar-refractivity contribution in [1.82, 2.24) is 10.2 Å². The molecule has 2 fully saturated rings. The van der Waals surface area contributed by atoms with Crippen LogP contribution in [0.15, 0.2) is 24.3 Å². The Morgan fingerprint density at radius 2 is 1.95 bits per heavy atom. The van der Waals surface area contributed by atoms with Crippen molar-refractivity contribution in [3.05, 3.63) is 35.4 Å². The van der Waals surface area contributed by atoms with E-state index in [0.717, 1.165) is 35.5 Å². The van der Waals surface area contributed by atoms with Gasteiger partial charge in [0.1, 0.15) is 5.54 Å². The van der Waals surface area contributed by atoms with Gasteiger partial charge in [-0.25, -0.2) is 4.79 Å². The third kappa shape index (κ3) is 2.20. The Hall–Kier alpha value is -1.49. The van der Waals surface area contributed by atoms with Gasteiger partial charge in [0.25, 0.3) is 5.91 Å². The summed E-state index contributed by atoms with van der Waals surface area (Å²) in [5, 5.41) is 2.93. The van der Waals surface area contributed by atoms with Gasteiger partial charge in [-0.15, -0.1) is 0 Å². The van der Waals surface area contributed by atoms with Crippen LogP contribution in [0.25, 0.3) is 0 Å². The monoisotopic (exact) mass is 290 g/mol. The SMILES string of the molecule is Cc1ccccc1CN1C(=O)NC2(CCSCC2)C1=O. The zero-order chi connectivity index (χ0) is 14.2. The van der Waals surface area contributed by atoms with Crippen LogP contribution in [-0.4, -0.2) is 33.9 Å². The maximum Gasteiger partial charge on any atom is 0.325 e. The molecule has 0 aliphatic carbocycles. The first-order valence-corrected chi connectivity index (χ1v) is 8.04. The number of benzene rings is 1. The lowest BCUT2D eigenvalue weighted by atomic mass is 9.92. The van der Waals surface area contributed by atoms with Crippen LogP contribution in [-0.2, 0) is 11.3 Å². The molecule has 20 heavy (non-hydrogen) atoms. The van der Waals surface area contributed by atoms with Gasteiger partial charge in [-0.3, -0.25) is 9.69 Å². The highest BCUT2D eigenvalue weighted by molar-refractivity contribution is 7.99. The minimum atomic E-state index is -0.634. The van der Waals surface area contributed by atoms with Crippen LogP contribution in [0.5, 0.6) is 0 Å². The van der Waals surface area contributed by atoms with E-state index in [1.807, 2.05) is 43.0 Å². The van der Waals surface area contributed by atoms with E-state index in [0.29, 0.717) is 6.54 Å². The van der Waals surface area contributed by atoms with Crippen molar-refractivity contribution in [3.63, 3.8) is 0 Å². The molecule has 1 spiro atoms. The Morgan fingerprint density at radius 1 is 1.25 bits per heavy atom. The molecule has 0 atom stereocenters. The summed E-state index contributed by atoms with van der Waals surface area (Å²) in [6.45, 7) is 2.37. The van der Waals surface area contributed by atoms with Crippen LogP contribution in [0, 0.1) is 6.92 Å². The van der Waals surface area contributed by atoms with Gasteiger partial charge in [0.2, 0.25) is 0 Å². The number of imide groups is 1. The number of hydrogen-bond acceptors (Lipinski definition) is 3. The molecule has 0 aromatic heterocycles. The van der Waals surface area contributed by atoms with Gasteiger partial charge in [0.15, 0.2) is 0 Å². The maximum absolute atomic E-state index is 12.6. The summed E-state index contributed by atoms with van der Waals surface area (Å²) in [5.74, 6) is 1.82. The highest BCUT2D eigenvalue weighted by atomic mass is 32.2. The summed E-state index contributed by atoms with van der Waals surface area (Å²) in [7, 11) is 0. The quantitative estimate of drug-likeness (QED) is 0.850. The summed E-state index contributed by atoms with van der Waals surface area (Å²) < 4.78 is 0. The molecule has 1 N–H and O–H groups in total. The van der Waals surface area contributed by atoms with Crippen LogP contribution in [0.2, 0.25) is 0 Å². The van der Waals surface area contributed by atoms with Crippen molar-refractivity contribution in [2.45, 2.75) is 31.8 Å². The smallest absolute Gasteiger partial charge is 0.323 e.